The van der Waals surface area contributed by atoms with Crippen LogP contribution in [0, 0.1) is 0 Å². The van der Waals surface area contributed by atoms with E-state index in [1.165, 1.54) is 0 Å². The summed E-state index contributed by atoms with van der Waals surface area (Å²) in [5.74, 6) is 0. The molecule has 0 aliphatic carbocycles. The maximum absolute atomic E-state index is 8.56. The monoisotopic (exact) mass is 114 g/mol. The zero-order chi connectivity index (χ0) is 3.58. The normalized spacial score (nSPS) is 3.43. The number of rotatable bonds is 0. The van der Waals surface area contributed by atoms with Crippen molar-refractivity contribution in [3.8, 4) is 0 Å². The maximum atomic E-state index is 8.56. The standard InChI is InChI=1S/CH2O3.Al.Li.H2O/c2-1(3)4;;;/h(H2,2,3,4);;;1H2/q;+3;+1;. The number of carbonyl (C=O) groups is 1. The van der Waals surface area contributed by atoms with E-state index in [4.69, 9.17) is 15.0 Å². The summed E-state index contributed by atoms with van der Waals surface area (Å²) in [7, 11) is 0. The predicted octanol–water partition coefficient (Wildman–Crippen LogP) is -3.98. The maximum Gasteiger partial charge on any atom is 3.00 e. The molecule has 0 amide bonds. The molecule has 0 aliphatic rings. The second-order valence-corrected chi connectivity index (χ2v) is 0.283. The van der Waals surface area contributed by atoms with Gasteiger partial charge in [0.2, 0.25) is 0 Å². The van der Waals surface area contributed by atoms with Crippen molar-refractivity contribution in [3.63, 3.8) is 0 Å². The van der Waals surface area contributed by atoms with Gasteiger partial charge in [-0.15, -0.1) is 0 Å². The van der Waals surface area contributed by atoms with Crippen molar-refractivity contribution in [1.29, 1.82) is 0 Å². The molecule has 0 saturated heterocycles. The Balaban J connectivity index is -0.0000000150. The van der Waals surface area contributed by atoms with Gasteiger partial charge in [0.25, 0.3) is 0 Å². The quantitative estimate of drug-likeness (QED) is 0.314. The Morgan fingerprint density at radius 2 is 1.29 bits per heavy atom. The van der Waals surface area contributed by atoms with E-state index < -0.39 is 6.16 Å². The minimum Gasteiger partial charge on any atom is -0.450 e. The third kappa shape index (κ3) is 933. The van der Waals surface area contributed by atoms with E-state index in [9.17, 15) is 0 Å². The van der Waals surface area contributed by atoms with Gasteiger partial charge in [-0.25, -0.2) is 4.79 Å². The van der Waals surface area contributed by atoms with Crippen molar-refractivity contribution in [2.24, 2.45) is 0 Å². The van der Waals surface area contributed by atoms with Crippen LogP contribution in [-0.4, -0.2) is 39.2 Å². The molecule has 6 heteroatoms. The Morgan fingerprint density at radius 1 is 1.29 bits per heavy atom. The van der Waals surface area contributed by atoms with Crippen LogP contribution in [0.1, 0.15) is 0 Å². The van der Waals surface area contributed by atoms with Gasteiger partial charge in [0.1, 0.15) is 0 Å². The van der Waals surface area contributed by atoms with E-state index in [2.05, 4.69) is 0 Å². The fraction of sp³-hybridized carbons (Fsp3) is 0. The Labute approximate surface area is 63.1 Å². The first-order chi connectivity index (χ1) is 1.73. The zero-order valence-corrected chi connectivity index (χ0v) is 5.03. The van der Waals surface area contributed by atoms with Gasteiger partial charge < -0.3 is 15.7 Å². The van der Waals surface area contributed by atoms with Crippen LogP contribution in [0.3, 0.4) is 0 Å². The molecule has 0 spiro atoms. The Morgan fingerprint density at radius 3 is 1.29 bits per heavy atom. The fourth-order valence-electron chi connectivity index (χ4n) is 0. The smallest absolute Gasteiger partial charge is 0.450 e. The van der Waals surface area contributed by atoms with Gasteiger partial charge in [0.05, 0.1) is 0 Å². The van der Waals surface area contributed by atoms with Crippen molar-refractivity contribution in [2.45, 2.75) is 0 Å². The summed E-state index contributed by atoms with van der Waals surface area (Å²) in [6.45, 7) is 0. The molecule has 0 aliphatic heterocycles. The molecule has 0 aromatic rings. The van der Waals surface area contributed by atoms with Crippen molar-refractivity contribution < 1.29 is 39.3 Å². The van der Waals surface area contributed by atoms with Crippen LogP contribution in [0.2, 0.25) is 0 Å². The third-order valence-electron chi connectivity index (χ3n) is 0. The minimum atomic E-state index is -1.83. The number of hydrogen-bond donors (Lipinski definition) is 2. The molecule has 32 valence electrons. The molecule has 0 radical (unpaired) electrons. The van der Waals surface area contributed by atoms with E-state index in [1.54, 1.807) is 0 Å². The van der Waals surface area contributed by atoms with Crippen LogP contribution in [0.25, 0.3) is 0 Å². The summed E-state index contributed by atoms with van der Waals surface area (Å²) >= 11 is 0. The fourth-order valence-corrected chi connectivity index (χ4v) is 0. The van der Waals surface area contributed by atoms with Gasteiger partial charge in [0, 0.05) is 0 Å². The van der Waals surface area contributed by atoms with Crippen LogP contribution in [0.15, 0.2) is 0 Å². The molecule has 0 heterocycles. The summed E-state index contributed by atoms with van der Waals surface area (Å²) in [6.07, 6.45) is -1.83. The molecule has 0 saturated carbocycles. The zero-order valence-electron chi connectivity index (χ0n) is 3.88. The molecule has 4 nitrogen and oxygen atoms in total. The largest absolute Gasteiger partial charge is 3.00 e. The van der Waals surface area contributed by atoms with Crippen LogP contribution < -0.4 is 18.9 Å². The molecular weight excluding hydrogens is 110 g/mol. The molecule has 0 aromatic heterocycles. The van der Waals surface area contributed by atoms with Crippen molar-refractivity contribution >= 4 is 23.5 Å². The van der Waals surface area contributed by atoms with E-state index >= 15 is 0 Å². The average molecular weight is 114 g/mol. The molecule has 4 N–H and O–H groups in total. The second-order valence-electron chi connectivity index (χ2n) is 0.283. The third-order valence-corrected chi connectivity index (χ3v) is 0. The molecular formula is CH4AlLiO4+4. The van der Waals surface area contributed by atoms with Crippen molar-refractivity contribution in [1.82, 2.24) is 0 Å². The van der Waals surface area contributed by atoms with Crippen LogP contribution >= 0.6 is 0 Å². The van der Waals surface area contributed by atoms with Gasteiger partial charge in [0.15, 0.2) is 0 Å². The van der Waals surface area contributed by atoms with Crippen LogP contribution in [0.5, 0.6) is 0 Å². The molecule has 0 aromatic carbocycles. The molecule has 0 unspecified atom stereocenters. The van der Waals surface area contributed by atoms with Gasteiger partial charge in [-0.05, 0) is 0 Å². The first-order valence-electron chi connectivity index (χ1n) is 0.651. The Kier molecular flexibility index (Phi) is 61.0. The molecule has 0 rings (SSSR count). The van der Waals surface area contributed by atoms with Gasteiger partial charge in [-0.1, -0.05) is 0 Å². The van der Waals surface area contributed by atoms with E-state index in [0.29, 0.717) is 0 Å². The van der Waals surface area contributed by atoms with E-state index in [0.717, 1.165) is 0 Å². The van der Waals surface area contributed by atoms with Crippen molar-refractivity contribution in [3.05, 3.63) is 0 Å². The summed E-state index contributed by atoms with van der Waals surface area (Å²) in [5.41, 5.74) is 0. The summed E-state index contributed by atoms with van der Waals surface area (Å²) < 4.78 is 0. The number of carboxylic acid groups (broad SMARTS) is 2. The Hall–Kier alpha value is 0.360. The molecule has 0 bridgehead atoms. The number of hydrogen-bond acceptors (Lipinski definition) is 1. The SMILES string of the molecule is O.O=C(O)O.[Al+3].[Li+]. The summed E-state index contributed by atoms with van der Waals surface area (Å²) in [6, 6.07) is 0. The van der Waals surface area contributed by atoms with Gasteiger partial charge in [-0.3, -0.25) is 0 Å². The minimum absolute atomic E-state index is 0. The van der Waals surface area contributed by atoms with E-state index in [1.807, 2.05) is 0 Å². The van der Waals surface area contributed by atoms with Gasteiger partial charge >= 0.3 is 42.4 Å². The van der Waals surface area contributed by atoms with Crippen LogP contribution in [0.4, 0.5) is 4.79 Å². The first-order valence-corrected chi connectivity index (χ1v) is 0.651. The molecule has 7 heavy (non-hydrogen) atoms. The van der Waals surface area contributed by atoms with Crippen molar-refractivity contribution in [2.75, 3.05) is 0 Å². The van der Waals surface area contributed by atoms with E-state index in [-0.39, 0.29) is 41.7 Å². The average Bonchev–Trinajstić information content (AvgIpc) is 0.811. The Bertz CT molecular complexity index is 34.7. The van der Waals surface area contributed by atoms with Gasteiger partial charge in [-0.2, -0.15) is 0 Å². The topological polar surface area (TPSA) is 89.0 Å². The summed E-state index contributed by atoms with van der Waals surface area (Å²) in [4.78, 5) is 8.56. The second kappa shape index (κ2) is 16.2. The molecule has 0 atom stereocenters. The predicted molar refractivity (Wildman–Crippen MR) is 20.0 cm³/mol. The first kappa shape index (κ1) is 26.4. The molecule has 0 fully saturated rings. The van der Waals surface area contributed by atoms with Crippen LogP contribution in [-0.2, 0) is 0 Å². The summed E-state index contributed by atoms with van der Waals surface area (Å²) in [5, 5.41) is 13.9.